The number of halogens is 2. The van der Waals surface area contributed by atoms with Gasteiger partial charge in [-0.25, -0.2) is 0 Å². The predicted octanol–water partition coefficient (Wildman–Crippen LogP) is 0.540. The van der Waals surface area contributed by atoms with E-state index in [1.54, 1.807) is 0 Å². The monoisotopic (exact) mass is 788 g/mol. The van der Waals surface area contributed by atoms with Crippen LogP contribution in [-0.4, -0.2) is 55.6 Å². The molecule has 2 radical (unpaired) electrons. The molecule has 162 valence electrons. The smallest absolute Gasteiger partial charge is 0.329 e. The van der Waals surface area contributed by atoms with Crippen molar-refractivity contribution in [3.63, 3.8) is 0 Å². The Balaban J connectivity index is -0.0000000172. The van der Waals surface area contributed by atoms with Gasteiger partial charge in [-0.1, -0.05) is 0 Å². The van der Waals surface area contributed by atoms with Crippen molar-refractivity contribution in [1.82, 2.24) is 0 Å². The van der Waals surface area contributed by atoms with Crippen LogP contribution in [0.2, 0.25) is 0 Å². The van der Waals surface area contributed by atoms with Crippen LogP contribution in [0.4, 0.5) is 0 Å². The Bertz CT molecular complexity index is 330. The molecule has 18 nitrogen and oxygen atoms in total. The van der Waals surface area contributed by atoms with Crippen LogP contribution in [0.5, 0.6) is 0 Å². The van der Waals surface area contributed by atoms with E-state index in [2.05, 4.69) is 9.68 Å². The number of hydrogen-bond donors (Lipinski definition) is 3. The maximum atomic E-state index is 9.47. The average molecular weight is 788 g/mol. The third-order valence-corrected chi connectivity index (χ3v) is 0.443. The number of aliphatic carboxylic acids is 1. The second kappa shape index (κ2) is 50.1. The summed E-state index contributed by atoms with van der Waals surface area (Å²) in [6, 6.07) is 0. The fourth-order valence-electron chi connectivity index (χ4n) is 0.108. The first-order valence-electron chi connectivity index (χ1n) is 3.70. The summed E-state index contributed by atoms with van der Waals surface area (Å²) < 4.78 is 0. The fourth-order valence-corrected chi connectivity index (χ4v) is 0.108. The minimum atomic E-state index is -1.50. The van der Waals surface area contributed by atoms with E-state index in [9.17, 15) is 14.9 Å². The number of hydrogen-bond acceptors (Lipinski definition) is 11. The zero-order valence-electron chi connectivity index (χ0n) is 13.8. The largest absolute Gasteiger partial charge is 0.480 e. The van der Waals surface area contributed by atoms with Gasteiger partial charge >= 0.3 is 5.97 Å². The number of carboxylic acid groups (broad SMARTS) is 1. The molecule has 0 amide bonds. The third-order valence-electron chi connectivity index (χ3n) is 0.443. The number of carbonyl (C=O) groups is 1. The Morgan fingerprint density at radius 1 is 0.852 bits per heavy atom. The van der Waals surface area contributed by atoms with E-state index in [-0.39, 0.29) is 128 Å². The maximum absolute atomic E-state index is 9.47. The normalized spacial score (nSPS) is 5.37. The van der Waals surface area contributed by atoms with E-state index in [4.69, 9.17) is 45.9 Å². The molecule has 0 rings (SSSR count). The van der Waals surface area contributed by atoms with E-state index >= 15 is 0 Å². The summed E-state index contributed by atoms with van der Waals surface area (Å²) in [7, 11) is 1.00. The molecule has 0 atom stereocenters. The van der Waals surface area contributed by atoms with Gasteiger partial charge in [0.25, 0.3) is 20.3 Å². The number of rotatable bonds is 4. The van der Waals surface area contributed by atoms with Crippen LogP contribution in [0.3, 0.4) is 0 Å². The van der Waals surface area contributed by atoms with Gasteiger partial charge in [0.2, 0.25) is 0 Å². The van der Waals surface area contributed by atoms with Gasteiger partial charge in [0.1, 0.15) is 0 Å². The minimum Gasteiger partial charge on any atom is -0.480 e. The molecule has 0 aliphatic heterocycles. The first-order chi connectivity index (χ1) is 9.36. The first-order valence-corrected chi connectivity index (χ1v) is 3.70. The molecule has 0 aromatic carbocycles. The van der Waals surface area contributed by atoms with E-state index in [0.717, 1.165) is 7.11 Å². The average Bonchev–Trinajstić information content (AvgIpc) is 2.25. The van der Waals surface area contributed by atoms with Gasteiger partial charge in [-0.05, 0) is 0 Å². The summed E-state index contributed by atoms with van der Waals surface area (Å²) in [6.45, 7) is -0.896. The first kappa shape index (κ1) is 63.2. The Labute approximate surface area is 235 Å². The van der Waals surface area contributed by atoms with Crippen molar-refractivity contribution in [2.24, 2.45) is 0 Å². The quantitative estimate of drug-likeness (QED) is 0.152. The van der Waals surface area contributed by atoms with E-state index in [0.29, 0.717) is 0 Å². The second-order valence-electron chi connectivity index (χ2n) is 1.77. The van der Waals surface area contributed by atoms with Crippen molar-refractivity contribution < 1.29 is 116 Å². The van der Waals surface area contributed by atoms with Crippen LogP contribution in [0.1, 0.15) is 0 Å². The summed E-state index contributed by atoms with van der Waals surface area (Å²) >= 11 is 0. The molecule has 0 aromatic rings. The Hall–Kier alpha value is -0.0622. The van der Waals surface area contributed by atoms with Crippen molar-refractivity contribution in [3.8, 4) is 0 Å². The van der Waals surface area contributed by atoms with Crippen molar-refractivity contribution in [1.29, 1.82) is 0 Å². The van der Waals surface area contributed by atoms with Crippen LogP contribution < -0.4 is 0 Å². The SMILES string of the molecule is CO[N+](=O)[O-].I.I.O=C(O)CO[N+](=O)[O-].O=[N+]([O-])O.O=[N+]([O-])O.[CH3-].[CH3-].[Y].[Y]. The molecule has 0 spiro atoms. The van der Waals surface area contributed by atoms with Crippen LogP contribution in [-0.2, 0) is 79.9 Å². The summed E-state index contributed by atoms with van der Waals surface area (Å²) in [5.41, 5.74) is 0. The summed E-state index contributed by atoms with van der Waals surface area (Å²) in [6.07, 6.45) is 0. The zero-order chi connectivity index (χ0) is 18.0. The molecule has 0 heterocycles. The molecule has 0 aliphatic carbocycles. The van der Waals surface area contributed by atoms with E-state index in [1.807, 2.05) is 0 Å². The van der Waals surface area contributed by atoms with Gasteiger partial charge in [0, 0.05) is 65.4 Å². The standard InChI is InChI=1S/C2H3NO5.CH3NO3.2CH3.2HI.2HNO3.2Y/c4-2(5)1-8-3(6)7;1-5-2(3)4;;;;;2*2-1(3)4;;/h1H2,(H,4,5);1H3;2*1H3;2*1H;2*(H,2,3,4);;/q;;2*-1;;;;;;. The molecule has 0 saturated carbocycles. The fraction of sp³-hybridized carbons (Fsp3) is 0.400. The van der Waals surface area contributed by atoms with Crippen molar-refractivity contribution >= 4 is 53.9 Å². The topological polar surface area (TPSA) is 269 Å². The molecule has 3 N–H and O–H groups in total. The van der Waals surface area contributed by atoms with Crippen LogP contribution in [0.15, 0.2) is 0 Å². The van der Waals surface area contributed by atoms with E-state index in [1.165, 1.54) is 0 Å². The molecule has 0 saturated heterocycles. The molecule has 0 bridgehead atoms. The Kier molecular flexibility index (Phi) is 117. The van der Waals surface area contributed by atoms with Gasteiger partial charge in [0.05, 0.1) is 7.11 Å². The molecule has 0 unspecified atom stereocenters. The summed E-state index contributed by atoms with van der Waals surface area (Å²) in [4.78, 5) is 51.3. The second-order valence-corrected chi connectivity index (χ2v) is 1.77. The van der Waals surface area contributed by atoms with Crippen LogP contribution in [0.25, 0.3) is 0 Å². The molecule has 0 aliphatic rings. The van der Waals surface area contributed by atoms with Gasteiger partial charge < -0.3 is 40.0 Å². The van der Waals surface area contributed by atoms with Crippen molar-refractivity contribution in [2.75, 3.05) is 13.7 Å². The van der Waals surface area contributed by atoms with Gasteiger partial charge in [-0.3, -0.25) is 4.79 Å². The van der Waals surface area contributed by atoms with Gasteiger partial charge in [-0.2, -0.15) is 0 Å². The molecular formula is C5H16I2N4O14Y2-2. The summed E-state index contributed by atoms with van der Waals surface area (Å²) in [5.74, 6) is -1.36. The van der Waals surface area contributed by atoms with E-state index < -0.39 is 32.9 Å². The Morgan fingerprint density at radius 3 is 1.07 bits per heavy atom. The zero-order valence-corrected chi connectivity index (χ0v) is 24.1. The van der Waals surface area contributed by atoms with Gasteiger partial charge in [0.15, 0.2) is 6.61 Å². The molecule has 22 heteroatoms. The molecule has 0 aromatic heterocycles. The van der Waals surface area contributed by atoms with Crippen molar-refractivity contribution in [2.45, 2.75) is 0 Å². The predicted molar refractivity (Wildman–Crippen MR) is 95.8 cm³/mol. The minimum absolute atomic E-state index is 0. The molecular weight excluding hydrogens is 772 g/mol. The van der Waals surface area contributed by atoms with Crippen LogP contribution in [0, 0.1) is 55.3 Å². The van der Waals surface area contributed by atoms with Crippen molar-refractivity contribution in [3.05, 3.63) is 55.3 Å². The number of nitrogens with zero attached hydrogens (tertiary/aromatic N) is 4. The number of carboxylic acids is 1. The Morgan fingerprint density at radius 2 is 1.04 bits per heavy atom. The maximum Gasteiger partial charge on any atom is 0.329 e. The van der Waals surface area contributed by atoms with Crippen LogP contribution >= 0.6 is 48.0 Å². The molecule has 0 fully saturated rings. The molecule has 27 heavy (non-hydrogen) atoms. The van der Waals surface area contributed by atoms with Gasteiger partial charge in [-0.15, -0.1) is 88.4 Å². The summed E-state index contributed by atoms with van der Waals surface area (Å²) in [5, 5.41) is 51.2. The third kappa shape index (κ3) is 309.